The number of nitrogens with zero attached hydrogens (tertiary/aromatic N) is 1. The lowest BCUT2D eigenvalue weighted by molar-refractivity contribution is -0.189. The summed E-state index contributed by atoms with van der Waals surface area (Å²) in [5.74, 6) is -0.973. The van der Waals surface area contributed by atoms with E-state index >= 15 is 0 Å². The first kappa shape index (κ1) is 24.9. The lowest BCUT2D eigenvalue weighted by atomic mass is 9.83. The molecule has 0 saturated carbocycles. The molecule has 2 aromatic rings. The molecule has 2 aromatic carbocycles. The number of hydrogen-bond donors (Lipinski definition) is 1. The summed E-state index contributed by atoms with van der Waals surface area (Å²) in [6, 6.07) is 13.4. The molecule has 0 bridgehead atoms. The molecule has 1 unspecified atom stereocenters. The minimum Gasteiger partial charge on any atom is -0.487 e. The van der Waals surface area contributed by atoms with Crippen LogP contribution in [0.4, 0.5) is 11.4 Å². The number of hydrogen-bond acceptors (Lipinski definition) is 7. The third kappa shape index (κ3) is 5.09. The van der Waals surface area contributed by atoms with Crippen LogP contribution in [0.1, 0.15) is 33.6 Å². The second-order valence-corrected chi connectivity index (χ2v) is 11.3. The Bertz CT molecular complexity index is 1030. The topological polar surface area (TPSA) is 76.1 Å². The molecule has 0 radical (unpaired) electrons. The first-order chi connectivity index (χ1) is 15.1. The van der Waals surface area contributed by atoms with Crippen molar-refractivity contribution in [3.8, 4) is 5.75 Å². The molecule has 0 amide bonds. The zero-order valence-corrected chi connectivity index (χ0v) is 21.1. The zero-order chi connectivity index (χ0) is 23.6. The maximum Gasteiger partial charge on any atom is 0.197 e. The summed E-state index contributed by atoms with van der Waals surface area (Å²) in [5, 5.41) is 10.2. The molecule has 0 fully saturated rings. The highest BCUT2D eigenvalue weighted by Gasteiger charge is 2.41. The molecular formula is C24H33NO5S2. The average Bonchev–Trinajstić information content (AvgIpc) is 2.89. The number of sulfone groups is 1. The molecule has 3 rings (SSSR count). The molecular weight excluding hydrogens is 446 g/mol. The normalized spacial score (nSPS) is 19.0. The summed E-state index contributed by atoms with van der Waals surface area (Å²) in [7, 11) is -2.19. The highest BCUT2D eigenvalue weighted by atomic mass is 32.2. The maximum atomic E-state index is 13.6. The van der Waals surface area contributed by atoms with Crippen molar-refractivity contribution in [3.05, 3.63) is 42.5 Å². The van der Waals surface area contributed by atoms with Crippen LogP contribution in [0.25, 0.3) is 0 Å². The van der Waals surface area contributed by atoms with Crippen LogP contribution in [0.3, 0.4) is 0 Å². The Morgan fingerprint density at radius 3 is 2.41 bits per heavy atom. The number of methoxy groups -OCH3 is 1. The lowest BCUT2D eigenvalue weighted by Gasteiger charge is -2.35. The first-order valence-corrected chi connectivity index (χ1v) is 13.7. The summed E-state index contributed by atoms with van der Waals surface area (Å²) in [5.41, 5.74) is 1.25. The van der Waals surface area contributed by atoms with Gasteiger partial charge in [-0.05, 0) is 44.2 Å². The van der Waals surface area contributed by atoms with Crippen LogP contribution in [0.5, 0.6) is 5.75 Å². The lowest BCUT2D eigenvalue weighted by Crippen LogP contribution is -2.37. The standard InChI is InChI=1S/C24H33NO5S2/c1-6-24(7-2)15-25(18-11-9-8-10-12-18)19-13-21(31-5)20(30-16-23(3,26)29-4)14-22(19)32(27,28)17-24/h8-14,26H,6-7,15-17H2,1-5H3. The number of para-hydroxylation sites is 1. The fraction of sp³-hybridized carbons (Fsp3) is 0.500. The Hall–Kier alpha value is -1.74. The van der Waals surface area contributed by atoms with Gasteiger partial charge < -0.3 is 19.5 Å². The molecule has 176 valence electrons. The summed E-state index contributed by atoms with van der Waals surface area (Å²) >= 11 is 1.47. The third-order valence-corrected chi connectivity index (χ3v) is 9.11. The van der Waals surface area contributed by atoms with Crippen LogP contribution in [0.15, 0.2) is 52.3 Å². The van der Waals surface area contributed by atoms with Gasteiger partial charge in [-0.25, -0.2) is 8.42 Å². The van der Waals surface area contributed by atoms with Crippen LogP contribution in [0.2, 0.25) is 0 Å². The molecule has 1 aliphatic rings. The van der Waals surface area contributed by atoms with Crippen LogP contribution in [-0.4, -0.2) is 51.6 Å². The quantitative estimate of drug-likeness (QED) is 0.427. The van der Waals surface area contributed by atoms with Gasteiger partial charge in [-0.3, -0.25) is 0 Å². The van der Waals surface area contributed by atoms with E-state index in [-0.39, 0.29) is 22.7 Å². The van der Waals surface area contributed by atoms with Crippen molar-refractivity contribution in [1.29, 1.82) is 0 Å². The van der Waals surface area contributed by atoms with Gasteiger partial charge in [-0.2, -0.15) is 0 Å². The number of anilines is 2. The molecule has 1 N–H and O–H groups in total. The van der Waals surface area contributed by atoms with Gasteiger partial charge in [0.1, 0.15) is 12.4 Å². The van der Waals surface area contributed by atoms with Crippen molar-refractivity contribution in [1.82, 2.24) is 0 Å². The molecule has 0 aliphatic carbocycles. The van der Waals surface area contributed by atoms with Crippen molar-refractivity contribution in [2.45, 2.75) is 49.2 Å². The van der Waals surface area contributed by atoms with Gasteiger partial charge in [0.05, 0.1) is 21.2 Å². The Balaban J connectivity index is 2.21. The Kier molecular flexibility index (Phi) is 7.49. The zero-order valence-electron chi connectivity index (χ0n) is 19.4. The second kappa shape index (κ2) is 9.63. The predicted molar refractivity (Wildman–Crippen MR) is 130 cm³/mol. The van der Waals surface area contributed by atoms with Gasteiger partial charge in [0, 0.05) is 30.8 Å². The van der Waals surface area contributed by atoms with Crippen LogP contribution >= 0.6 is 11.8 Å². The molecule has 1 aliphatic heterocycles. The number of aliphatic hydroxyl groups is 1. The van der Waals surface area contributed by atoms with Crippen molar-refractivity contribution in [2.24, 2.45) is 5.41 Å². The van der Waals surface area contributed by atoms with E-state index in [9.17, 15) is 13.5 Å². The molecule has 0 aromatic heterocycles. The molecule has 1 heterocycles. The average molecular weight is 480 g/mol. The Morgan fingerprint density at radius 2 is 1.84 bits per heavy atom. The summed E-state index contributed by atoms with van der Waals surface area (Å²) in [6.07, 6.45) is 3.44. The van der Waals surface area contributed by atoms with Gasteiger partial charge in [-0.15, -0.1) is 11.8 Å². The van der Waals surface area contributed by atoms with Gasteiger partial charge in [0.2, 0.25) is 0 Å². The first-order valence-electron chi connectivity index (χ1n) is 10.8. The fourth-order valence-corrected chi connectivity index (χ4v) is 6.78. The van der Waals surface area contributed by atoms with Crippen molar-refractivity contribution >= 4 is 33.0 Å². The van der Waals surface area contributed by atoms with Crippen molar-refractivity contribution in [2.75, 3.05) is 37.2 Å². The Morgan fingerprint density at radius 1 is 1.19 bits per heavy atom. The van der Waals surface area contributed by atoms with E-state index in [2.05, 4.69) is 18.7 Å². The van der Waals surface area contributed by atoms with Gasteiger partial charge in [0.25, 0.3) is 0 Å². The van der Waals surface area contributed by atoms with E-state index in [1.807, 2.05) is 42.7 Å². The van der Waals surface area contributed by atoms with Crippen LogP contribution < -0.4 is 9.64 Å². The monoisotopic (exact) mass is 479 g/mol. The molecule has 6 nitrogen and oxygen atoms in total. The minimum atomic E-state index is -3.58. The van der Waals surface area contributed by atoms with Gasteiger partial charge >= 0.3 is 0 Å². The van der Waals surface area contributed by atoms with Crippen molar-refractivity contribution < 1.29 is 23.0 Å². The summed E-state index contributed by atoms with van der Waals surface area (Å²) < 4.78 is 38.2. The van der Waals surface area contributed by atoms with E-state index in [0.29, 0.717) is 18.0 Å². The minimum absolute atomic E-state index is 0.0805. The van der Waals surface area contributed by atoms with E-state index in [4.69, 9.17) is 9.47 Å². The maximum absolute atomic E-state index is 13.6. The molecule has 32 heavy (non-hydrogen) atoms. The number of rotatable bonds is 8. The van der Waals surface area contributed by atoms with E-state index < -0.39 is 15.6 Å². The number of thioether (sulfide) groups is 1. The molecule has 0 saturated heterocycles. The SMILES string of the molecule is CCC1(CC)CN(c2ccccc2)c2cc(SC)c(OCC(C)(O)OC)cc2S(=O)(=O)C1. The van der Waals surface area contributed by atoms with Gasteiger partial charge in [0.15, 0.2) is 15.6 Å². The highest BCUT2D eigenvalue weighted by molar-refractivity contribution is 7.98. The van der Waals surface area contributed by atoms with E-state index in [0.717, 1.165) is 23.4 Å². The highest BCUT2D eigenvalue weighted by Crippen LogP contribution is 2.46. The largest absolute Gasteiger partial charge is 0.487 e. The summed E-state index contributed by atoms with van der Waals surface area (Å²) in [4.78, 5) is 3.18. The number of fused-ring (bicyclic) bond motifs is 1. The Labute approximate surface area is 195 Å². The summed E-state index contributed by atoms with van der Waals surface area (Å²) in [6.45, 7) is 6.12. The number of ether oxygens (including phenoxy) is 2. The third-order valence-electron chi connectivity index (χ3n) is 6.36. The van der Waals surface area contributed by atoms with Crippen molar-refractivity contribution in [3.63, 3.8) is 0 Å². The molecule has 1 atom stereocenters. The van der Waals surface area contributed by atoms with Crippen LogP contribution in [0, 0.1) is 5.41 Å². The number of benzene rings is 2. The second-order valence-electron chi connectivity index (χ2n) is 8.53. The van der Waals surface area contributed by atoms with E-state index in [1.165, 1.54) is 25.8 Å². The molecule has 8 heteroatoms. The van der Waals surface area contributed by atoms with Crippen LogP contribution in [-0.2, 0) is 14.6 Å². The molecule has 0 spiro atoms. The van der Waals surface area contributed by atoms with Gasteiger partial charge in [-0.1, -0.05) is 32.0 Å². The smallest absolute Gasteiger partial charge is 0.197 e. The predicted octanol–water partition coefficient (Wildman–Crippen LogP) is 4.87. The fourth-order valence-electron chi connectivity index (χ4n) is 4.00. The van der Waals surface area contributed by atoms with E-state index in [1.54, 1.807) is 6.07 Å².